The molecule has 0 amide bonds. The minimum atomic E-state index is -0.657. The maximum atomic E-state index is 10.9. The van der Waals surface area contributed by atoms with Gasteiger partial charge in [-0.2, -0.15) is 5.10 Å². The smallest absolute Gasteiger partial charge is 0.146 e. The molecule has 1 N–H and O–H groups in total. The number of ether oxygens (including phenoxy) is 2. The predicted molar refractivity (Wildman–Crippen MR) is 90.9 cm³/mol. The van der Waals surface area contributed by atoms with E-state index in [9.17, 15) is 5.11 Å². The molecule has 0 atom stereocenters. The van der Waals surface area contributed by atoms with E-state index in [0.29, 0.717) is 35.4 Å². The lowest BCUT2D eigenvalue weighted by molar-refractivity contribution is -0.155. The fourth-order valence-corrected chi connectivity index (χ4v) is 2.90. The van der Waals surface area contributed by atoms with Gasteiger partial charge in [0.2, 0.25) is 0 Å². The molecule has 1 aromatic heterocycles. The zero-order chi connectivity index (χ0) is 17.2. The summed E-state index contributed by atoms with van der Waals surface area (Å²) in [6.45, 7) is 2.83. The molecule has 2 aromatic rings. The van der Waals surface area contributed by atoms with Crippen molar-refractivity contribution in [2.45, 2.75) is 13.3 Å². The average Bonchev–Trinajstić information content (AvgIpc) is 3.10. The fraction of sp³-hybridized carbons (Fsp3) is 0.375. The Kier molecular flexibility index (Phi) is 5.10. The summed E-state index contributed by atoms with van der Waals surface area (Å²) in [7, 11) is 0. The fourth-order valence-electron chi connectivity index (χ4n) is 2.58. The molecule has 1 aromatic carbocycles. The zero-order valence-electron chi connectivity index (χ0n) is 13.1. The lowest BCUT2D eigenvalue weighted by atomic mass is 9.87. The highest BCUT2D eigenvalue weighted by Crippen LogP contribution is 2.34. The van der Waals surface area contributed by atoms with Crippen molar-refractivity contribution < 1.29 is 14.6 Å². The number of aromatic nitrogens is 3. The van der Waals surface area contributed by atoms with Crippen LogP contribution in [-0.4, -0.2) is 39.9 Å². The van der Waals surface area contributed by atoms with Gasteiger partial charge in [0.25, 0.3) is 0 Å². The number of hydrogen-bond donors (Lipinski definition) is 1. The van der Waals surface area contributed by atoms with E-state index >= 15 is 0 Å². The van der Waals surface area contributed by atoms with Crippen LogP contribution in [0.2, 0.25) is 10.0 Å². The first-order valence-corrected chi connectivity index (χ1v) is 8.12. The van der Waals surface area contributed by atoms with E-state index in [2.05, 4.69) is 10.1 Å². The van der Waals surface area contributed by atoms with Crippen molar-refractivity contribution in [3.05, 3.63) is 52.2 Å². The Bertz CT molecular complexity index is 741. The molecule has 6 nitrogen and oxygen atoms in total. The molecule has 2 heterocycles. The minimum Gasteiger partial charge on any atom is -0.510 e. The van der Waals surface area contributed by atoms with Crippen LogP contribution in [0.15, 0.2) is 36.6 Å². The third-order valence-corrected chi connectivity index (χ3v) is 4.64. The molecule has 128 valence electrons. The summed E-state index contributed by atoms with van der Waals surface area (Å²) in [6.07, 6.45) is 3.36. The predicted octanol–water partition coefficient (Wildman–Crippen LogP) is 3.56. The first kappa shape index (κ1) is 17.2. The van der Waals surface area contributed by atoms with Crippen LogP contribution in [0.25, 0.3) is 5.70 Å². The second-order valence-electron chi connectivity index (χ2n) is 5.94. The summed E-state index contributed by atoms with van der Waals surface area (Å²) in [5.74, 6) is 0.152. The van der Waals surface area contributed by atoms with Crippen LogP contribution >= 0.6 is 23.2 Å². The number of halogens is 2. The topological polar surface area (TPSA) is 69.4 Å². The maximum absolute atomic E-state index is 10.9. The molecule has 1 aliphatic rings. The first-order chi connectivity index (χ1) is 11.5. The van der Waals surface area contributed by atoms with Crippen LogP contribution in [0.5, 0.6) is 0 Å². The van der Waals surface area contributed by atoms with Crippen LogP contribution in [0.4, 0.5) is 0 Å². The van der Waals surface area contributed by atoms with Crippen molar-refractivity contribution in [3.63, 3.8) is 0 Å². The maximum Gasteiger partial charge on any atom is 0.146 e. The van der Waals surface area contributed by atoms with Gasteiger partial charge in [0.1, 0.15) is 25.2 Å². The molecule has 24 heavy (non-hydrogen) atoms. The summed E-state index contributed by atoms with van der Waals surface area (Å²) in [4.78, 5) is 3.96. The third-order valence-electron chi connectivity index (χ3n) is 3.90. The van der Waals surface area contributed by atoms with E-state index in [-0.39, 0.29) is 12.6 Å². The summed E-state index contributed by atoms with van der Waals surface area (Å²) in [6, 6.07) is 5.35. The summed E-state index contributed by atoms with van der Waals surface area (Å²) >= 11 is 12.1. The minimum absolute atomic E-state index is 0.152. The Morgan fingerprint density at radius 1 is 1.29 bits per heavy atom. The largest absolute Gasteiger partial charge is 0.510 e. The second-order valence-corrected chi connectivity index (χ2v) is 6.75. The van der Waals surface area contributed by atoms with Gasteiger partial charge in [-0.1, -0.05) is 29.3 Å². The molecule has 0 radical (unpaired) electrons. The normalized spacial score (nSPS) is 18.3. The van der Waals surface area contributed by atoms with E-state index in [0.717, 1.165) is 5.56 Å². The van der Waals surface area contributed by atoms with Gasteiger partial charge in [0.05, 0.1) is 34.4 Å². The van der Waals surface area contributed by atoms with Crippen LogP contribution in [0.3, 0.4) is 0 Å². The highest BCUT2D eigenvalue weighted by molar-refractivity contribution is 6.42. The van der Waals surface area contributed by atoms with Crippen LogP contribution < -0.4 is 0 Å². The molecular weight excluding hydrogens is 353 g/mol. The Morgan fingerprint density at radius 2 is 2.04 bits per heavy atom. The van der Waals surface area contributed by atoms with Gasteiger partial charge in [-0.3, -0.25) is 0 Å². The van der Waals surface area contributed by atoms with Crippen molar-refractivity contribution in [1.82, 2.24) is 14.8 Å². The molecule has 1 aliphatic heterocycles. The van der Waals surface area contributed by atoms with Crippen molar-refractivity contribution in [1.29, 1.82) is 0 Å². The quantitative estimate of drug-likeness (QED) is 0.834. The number of hydrogen-bond acceptors (Lipinski definition) is 5. The van der Waals surface area contributed by atoms with Gasteiger partial charge in [-0.15, -0.1) is 0 Å². The lowest BCUT2D eigenvalue weighted by Crippen LogP contribution is -2.37. The number of aliphatic hydroxyl groups excluding tert-OH is 1. The van der Waals surface area contributed by atoms with E-state index in [1.54, 1.807) is 12.1 Å². The number of rotatable bonds is 4. The van der Waals surface area contributed by atoms with E-state index < -0.39 is 5.41 Å². The van der Waals surface area contributed by atoms with Gasteiger partial charge < -0.3 is 14.6 Å². The molecule has 0 bridgehead atoms. The van der Waals surface area contributed by atoms with Gasteiger partial charge in [-0.05, 0) is 24.6 Å². The lowest BCUT2D eigenvalue weighted by Gasteiger charge is -2.33. The molecule has 0 spiro atoms. The van der Waals surface area contributed by atoms with Crippen LogP contribution in [0, 0.1) is 5.41 Å². The standard InChI is InChI=1S/C16H17Cl2N3O3/c1-16(6-23-10-24-7-16)15(22)14(21-9-19-8-20-21)5-11-2-3-12(17)13(18)4-11/h2-4,8-9,22H,5-7,10H2,1H3/b15-14+. The van der Waals surface area contributed by atoms with Gasteiger partial charge >= 0.3 is 0 Å². The van der Waals surface area contributed by atoms with Crippen molar-refractivity contribution in [2.24, 2.45) is 5.41 Å². The zero-order valence-corrected chi connectivity index (χ0v) is 14.6. The Balaban J connectivity index is 2.00. The molecule has 8 heteroatoms. The van der Waals surface area contributed by atoms with Crippen molar-refractivity contribution in [3.8, 4) is 0 Å². The Hall–Kier alpha value is -1.60. The Labute approximate surface area is 149 Å². The molecule has 3 rings (SSSR count). The van der Waals surface area contributed by atoms with Gasteiger partial charge in [0, 0.05) is 6.42 Å². The molecule has 1 fully saturated rings. The first-order valence-electron chi connectivity index (χ1n) is 7.36. The van der Waals surface area contributed by atoms with E-state index in [4.69, 9.17) is 32.7 Å². The molecule has 0 aliphatic carbocycles. The third kappa shape index (κ3) is 3.57. The number of nitrogens with zero attached hydrogens (tertiary/aromatic N) is 3. The Morgan fingerprint density at radius 3 is 2.67 bits per heavy atom. The van der Waals surface area contributed by atoms with Crippen molar-refractivity contribution >= 4 is 28.9 Å². The van der Waals surface area contributed by atoms with Crippen LogP contribution in [0.1, 0.15) is 12.5 Å². The SMILES string of the molecule is CC1(/C(O)=C(/Cc2ccc(Cl)c(Cl)c2)n2cncn2)COCOC1. The van der Waals surface area contributed by atoms with Gasteiger partial charge in [0.15, 0.2) is 0 Å². The highest BCUT2D eigenvalue weighted by atomic mass is 35.5. The molecule has 1 saturated heterocycles. The summed E-state index contributed by atoms with van der Waals surface area (Å²) < 4.78 is 12.3. The number of allylic oxidation sites excluding steroid dienone is 1. The van der Waals surface area contributed by atoms with Gasteiger partial charge in [-0.25, -0.2) is 9.67 Å². The number of aliphatic hydroxyl groups is 1. The monoisotopic (exact) mass is 369 g/mol. The number of benzene rings is 1. The average molecular weight is 370 g/mol. The van der Waals surface area contributed by atoms with Crippen molar-refractivity contribution in [2.75, 3.05) is 20.0 Å². The molecular formula is C16H17Cl2N3O3. The summed E-state index contributed by atoms with van der Waals surface area (Å²) in [5, 5.41) is 16.0. The van der Waals surface area contributed by atoms with E-state index in [1.165, 1.54) is 17.3 Å². The summed E-state index contributed by atoms with van der Waals surface area (Å²) in [5.41, 5.74) is 0.820. The molecule has 0 unspecified atom stereocenters. The van der Waals surface area contributed by atoms with E-state index in [1.807, 2.05) is 13.0 Å². The van der Waals surface area contributed by atoms with Crippen LogP contribution in [-0.2, 0) is 15.9 Å². The molecule has 0 saturated carbocycles. The highest BCUT2D eigenvalue weighted by Gasteiger charge is 2.36. The second kappa shape index (κ2) is 7.11.